The summed E-state index contributed by atoms with van der Waals surface area (Å²) in [5.74, 6) is 0. The van der Waals surface area contributed by atoms with Gasteiger partial charge in [0.25, 0.3) is 0 Å². The summed E-state index contributed by atoms with van der Waals surface area (Å²) >= 11 is 3.82. The van der Waals surface area contributed by atoms with E-state index in [9.17, 15) is 0 Å². The molecular weight excluding hydrogens is 291 g/mol. The average molecular weight is 305 g/mol. The molecule has 0 aliphatic heterocycles. The lowest BCUT2D eigenvalue weighted by Gasteiger charge is -2.49. The lowest BCUT2D eigenvalue weighted by molar-refractivity contribution is 0.163. The third-order valence-electron chi connectivity index (χ3n) is 4.15. The summed E-state index contributed by atoms with van der Waals surface area (Å²) in [5.41, 5.74) is 1.98. The third kappa shape index (κ3) is 1.19. The van der Waals surface area contributed by atoms with Gasteiger partial charge in [0.05, 0.1) is 4.32 Å². The number of rotatable bonds is 2. The van der Waals surface area contributed by atoms with Crippen LogP contribution in [0.3, 0.4) is 0 Å². The fourth-order valence-corrected chi connectivity index (χ4v) is 4.24. The van der Waals surface area contributed by atoms with Crippen molar-refractivity contribution in [1.29, 1.82) is 0 Å². The largest absolute Gasteiger partial charge is 0.233 e. The molecule has 92 valence electrons. The van der Waals surface area contributed by atoms with Crippen LogP contribution in [0.5, 0.6) is 0 Å². The van der Waals surface area contributed by atoms with Crippen LogP contribution in [-0.2, 0) is 9.99 Å². The van der Waals surface area contributed by atoms with E-state index >= 15 is 4.39 Å². The van der Waals surface area contributed by atoms with E-state index < -0.39 is 5.67 Å². The SMILES string of the molecule is C=CC1=C(C=C)C2(Br)CCC1(F)c1ccccc12. The minimum absolute atomic E-state index is 0.303. The van der Waals surface area contributed by atoms with Crippen LogP contribution >= 0.6 is 15.9 Å². The summed E-state index contributed by atoms with van der Waals surface area (Å²) in [7, 11) is 0. The van der Waals surface area contributed by atoms with Crippen molar-refractivity contribution in [2.75, 3.05) is 0 Å². The Hall–Kier alpha value is -1.15. The number of halogens is 2. The molecule has 0 saturated heterocycles. The van der Waals surface area contributed by atoms with Crippen LogP contribution in [0.4, 0.5) is 4.39 Å². The summed E-state index contributed by atoms with van der Waals surface area (Å²) in [6, 6.07) is 7.74. The van der Waals surface area contributed by atoms with Crippen molar-refractivity contribution in [1.82, 2.24) is 0 Å². The highest BCUT2D eigenvalue weighted by Crippen LogP contribution is 2.62. The van der Waals surface area contributed by atoms with Crippen LogP contribution in [0.15, 0.2) is 60.7 Å². The lowest BCUT2D eigenvalue weighted by atomic mass is 9.62. The van der Waals surface area contributed by atoms with Crippen molar-refractivity contribution in [2.24, 2.45) is 0 Å². The van der Waals surface area contributed by atoms with E-state index in [1.165, 1.54) is 0 Å². The normalized spacial score (nSPS) is 33.2. The molecule has 0 fully saturated rings. The molecule has 2 bridgehead atoms. The second-order valence-corrected chi connectivity index (χ2v) is 6.24. The van der Waals surface area contributed by atoms with Gasteiger partial charge >= 0.3 is 0 Å². The van der Waals surface area contributed by atoms with E-state index in [0.717, 1.165) is 23.1 Å². The van der Waals surface area contributed by atoms with Gasteiger partial charge in [-0.2, -0.15) is 0 Å². The zero-order chi connectivity index (χ0) is 13.0. The van der Waals surface area contributed by atoms with Gasteiger partial charge in [-0.3, -0.25) is 0 Å². The van der Waals surface area contributed by atoms with E-state index in [0.29, 0.717) is 12.0 Å². The average Bonchev–Trinajstić information content (AvgIpc) is 2.40. The summed E-state index contributed by atoms with van der Waals surface area (Å²) in [4.78, 5) is 0. The topological polar surface area (TPSA) is 0 Å². The van der Waals surface area contributed by atoms with Gasteiger partial charge in [0.15, 0.2) is 5.67 Å². The molecule has 3 aliphatic rings. The van der Waals surface area contributed by atoms with E-state index in [2.05, 4.69) is 29.1 Å². The lowest BCUT2D eigenvalue weighted by Crippen LogP contribution is -2.43. The third-order valence-corrected chi connectivity index (χ3v) is 5.40. The maximum absolute atomic E-state index is 15.4. The van der Waals surface area contributed by atoms with Crippen LogP contribution < -0.4 is 0 Å². The highest BCUT2D eigenvalue weighted by molar-refractivity contribution is 9.09. The van der Waals surface area contributed by atoms with E-state index in [4.69, 9.17) is 0 Å². The Kier molecular flexibility index (Phi) is 2.43. The van der Waals surface area contributed by atoms with Crippen LogP contribution in [0.1, 0.15) is 24.0 Å². The first-order chi connectivity index (χ1) is 8.58. The maximum Gasteiger partial charge on any atom is 0.161 e. The second-order valence-electron chi connectivity index (χ2n) is 4.88. The molecule has 1 aromatic carbocycles. The molecule has 18 heavy (non-hydrogen) atoms. The van der Waals surface area contributed by atoms with E-state index in [1.807, 2.05) is 24.3 Å². The molecule has 0 amide bonds. The van der Waals surface area contributed by atoms with E-state index in [-0.39, 0.29) is 4.32 Å². The highest BCUT2D eigenvalue weighted by atomic mass is 79.9. The predicted molar refractivity (Wildman–Crippen MR) is 76.5 cm³/mol. The van der Waals surface area contributed by atoms with Crippen molar-refractivity contribution < 1.29 is 4.39 Å². The Bertz CT molecular complexity index is 536. The van der Waals surface area contributed by atoms with Crippen LogP contribution in [0.2, 0.25) is 0 Å². The predicted octanol–water partition coefficient (Wildman–Crippen LogP) is 4.92. The number of alkyl halides is 2. The molecule has 2 heteroatoms. The molecule has 3 aliphatic carbocycles. The Morgan fingerprint density at radius 1 is 1.06 bits per heavy atom. The van der Waals surface area contributed by atoms with Gasteiger partial charge in [-0.15, -0.1) is 0 Å². The molecule has 4 rings (SSSR count). The quantitative estimate of drug-likeness (QED) is 0.681. The Labute approximate surface area is 115 Å². The smallest absolute Gasteiger partial charge is 0.161 e. The summed E-state index contributed by atoms with van der Waals surface area (Å²) < 4.78 is 15.1. The zero-order valence-electron chi connectivity index (χ0n) is 10.0. The fraction of sp³-hybridized carbons (Fsp3) is 0.250. The molecular formula is C16H14BrF. The van der Waals surface area contributed by atoms with Crippen LogP contribution in [0.25, 0.3) is 0 Å². The number of allylic oxidation sites excluding steroid dienone is 4. The Morgan fingerprint density at radius 3 is 2.28 bits per heavy atom. The van der Waals surface area contributed by atoms with Crippen LogP contribution in [0, 0.1) is 0 Å². The molecule has 2 unspecified atom stereocenters. The fourth-order valence-electron chi connectivity index (χ4n) is 3.32. The van der Waals surface area contributed by atoms with Crippen molar-refractivity contribution >= 4 is 15.9 Å². The monoisotopic (exact) mass is 304 g/mol. The highest BCUT2D eigenvalue weighted by Gasteiger charge is 2.55. The van der Waals surface area contributed by atoms with Gasteiger partial charge in [-0.1, -0.05) is 65.5 Å². The molecule has 0 saturated carbocycles. The number of hydrogen-bond acceptors (Lipinski definition) is 0. The summed E-state index contributed by atoms with van der Waals surface area (Å²) in [6.07, 6.45) is 4.64. The standard InChI is InChI=1S/C16H14BrF/c1-3-11-12(4-2)16(18)10-9-15(11,17)13-7-5-6-8-14(13)16/h3-8H,1-2,9-10H2. The maximum atomic E-state index is 15.4. The first kappa shape index (κ1) is 11.9. The Balaban J connectivity index is 2.42. The van der Waals surface area contributed by atoms with Gasteiger partial charge in [-0.25, -0.2) is 4.39 Å². The molecule has 1 aromatic rings. The molecule has 2 atom stereocenters. The van der Waals surface area contributed by atoms with Crippen molar-refractivity contribution in [3.05, 3.63) is 71.8 Å². The van der Waals surface area contributed by atoms with Crippen LogP contribution in [-0.4, -0.2) is 0 Å². The molecule has 0 nitrogen and oxygen atoms in total. The van der Waals surface area contributed by atoms with Gasteiger partial charge < -0.3 is 0 Å². The van der Waals surface area contributed by atoms with Crippen molar-refractivity contribution in [3.63, 3.8) is 0 Å². The van der Waals surface area contributed by atoms with Gasteiger partial charge in [0.2, 0.25) is 0 Å². The zero-order valence-corrected chi connectivity index (χ0v) is 11.6. The van der Waals surface area contributed by atoms with E-state index in [1.54, 1.807) is 12.2 Å². The summed E-state index contributed by atoms with van der Waals surface area (Å²) in [5, 5.41) is 0. The Morgan fingerprint density at radius 2 is 1.67 bits per heavy atom. The molecule has 0 spiro atoms. The molecule has 0 aromatic heterocycles. The van der Waals surface area contributed by atoms with Gasteiger partial charge in [0, 0.05) is 0 Å². The van der Waals surface area contributed by atoms with Gasteiger partial charge in [0.1, 0.15) is 0 Å². The van der Waals surface area contributed by atoms with Gasteiger partial charge in [-0.05, 0) is 35.1 Å². The molecule has 0 heterocycles. The first-order valence-electron chi connectivity index (χ1n) is 6.06. The molecule has 0 radical (unpaired) electrons. The summed E-state index contributed by atoms with van der Waals surface area (Å²) in [6.45, 7) is 7.63. The first-order valence-corrected chi connectivity index (χ1v) is 6.85. The number of benzene rings is 1. The second kappa shape index (κ2) is 3.67. The number of hydrogen-bond donors (Lipinski definition) is 0. The number of fused-ring (bicyclic) bond motifs is 1. The molecule has 0 N–H and O–H groups in total. The van der Waals surface area contributed by atoms with Crippen molar-refractivity contribution in [2.45, 2.75) is 22.8 Å². The minimum Gasteiger partial charge on any atom is -0.233 e. The minimum atomic E-state index is -1.41. The van der Waals surface area contributed by atoms with Crippen molar-refractivity contribution in [3.8, 4) is 0 Å².